The summed E-state index contributed by atoms with van der Waals surface area (Å²) >= 11 is 6.48. The Morgan fingerprint density at radius 1 is 1.27 bits per heavy atom. The van der Waals surface area contributed by atoms with E-state index in [4.69, 9.17) is 11.6 Å². The highest BCUT2D eigenvalue weighted by Crippen LogP contribution is 2.34. The van der Waals surface area contributed by atoms with Gasteiger partial charge in [0.1, 0.15) is 0 Å². The molecule has 5 nitrogen and oxygen atoms in total. The first-order chi connectivity index (χ1) is 12.6. The molecule has 0 fully saturated rings. The van der Waals surface area contributed by atoms with Crippen molar-refractivity contribution in [1.82, 2.24) is 14.5 Å². The molecule has 1 atom stereocenters. The molecule has 0 aliphatic carbocycles. The summed E-state index contributed by atoms with van der Waals surface area (Å²) in [6.07, 6.45) is 4.67. The minimum absolute atomic E-state index is 0.0801. The summed E-state index contributed by atoms with van der Waals surface area (Å²) in [5.74, 6) is 0.0801. The summed E-state index contributed by atoms with van der Waals surface area (Å²) in [4.78, 5) is 19.5. The van der Waals surface area contributed by atoms with Crippen molar-refractivity contribution in [2.24, 2.45) is 0 Å². The van der Waals surface area contributed by atoms with Gasteiger partial charge >= 0.3 is 5.69 Å². The van der Waals surface area contributed by atoms with Gasteiger partial charge < -0.3 is 5.11 Å². The van der Waals surface area contributed by atoms with Gasteiger partial charge in [-0.2, -0.15) is 0 Å². The van der Waals surface area contributed by atoms with Crippen molar-refractivity contribution in [1.29, 1.82) is 0 Å². The minimum atomic E-state index is -0.155. The Hall–Kier alpha value is -2.11. The van der Waals surface area contributed by atoms with E-state index in [1.807, 2.05) is 31.2 Å². The number of aromatic nitrogens is 3. The van der Waals surface area contributed by atoms with Crippen LogP contribution in [0.4, 0.5) is 0 Å². The lowest BCUT2D eigenvalue weighted by atomic mass is 9.98. The number of nitrogens with one attached hydrogen (secondary N) is 1. The summed E-state index contributed by atoms with van der Waals surface area (Å²) in [7, 11) is 0. The smallest absolute Gasteiger partial charge is 0.327 e. The Balaban J connectivity index is 2.12. The molecular formula is C20H24ClN3O2. The Kier molecular flexibility index (Phi) is 5.79. The van der Waals surface area contributed by atoms with Gasteiger partial charge in [0.15, 0.2) is 5.65 Å². The summed E-state index contributed by atoms with van der Waals surface area (Å²) in [5, 5.41) is 9.85. The number of aliphatic hydroxyl groups is 1. The maximum absolute atomic E-state index is 12.4. The maximum Gasteiger partial charge on any atom is 0.327 e. The highest BCUT2D eigenvalue weighted by Gasteiger charge is 2.17. The monoisotopic (exact) mass is 373 g/mol. The number of nitrogens with zero attached hydrogens (tertiary/aromatic N) is 2. The second kappa shape index (κ2) is 8.06. The number of benzene rings is 1. The molecule has 3 rings (SSSR count). The number of imidazole rings is 1. The SMILES string of the molecule is CCCCCn1c(=O)[nH]c2ncc(Cl)c(-c3ccc(C(C)CO)cc3)c21. The molecule has 2 heterocycles. The van der Waals surface area contributed by atoms with Gasteiger partial charge in [0, 0.05) is 30.8 Å². The predicted molar refractivity (Wildman–Crippen MR) is 106 cm³/mol. The van der Waals surface area contributed by atoms with E-state index in [0.29, 0.717) is 17.2 Å². The molecule has 0 aliphatic heterocycles. The van der Waals surface area contributed by atoms with Crippen LogP contribution in [0.15, 0.2) is 35.3 Å². The minimum Gasteiger partial charge on any atom is -0.396 e. The zero-order chi connectivity index (χ0) is 18.7. The van der Waals surface area contributed by atoms with Crippen LogP contribution in [0.5, 0.6) is 0 Å². The molecule has 0 aliphatic rings. The van der Waals surface area contributed by atoms with Crippen LogP contribution >= 0.6 is 11.6 Å². The predicted octanol–water partition coefficient (Wildman–Crippen LogP) is 4.33. The number of aliphatic hydroxyl groups excluding tert-OH is 1. The van der Waals surface area contributed by atoms with E-state index in [1.165, 1.54) is 0 Å². The molecule has 6 heteroatoms. The van der Waals surface area contributed by atoms with Crippen molar-refractivity contribution >= 4 is 22.8 Å². The molecule has 1 aromatic carbocycles. The van der Waals surface area contributed by atoms with Crippen LogP contribution < -0.4 is 5.69 Å². The highest BCUT2D eigenvalue weighted by atomic mass is 35.5. The number of hydrogen-bond acceptors (Lipinski definition) is 3. The second-order valence-electron chi connectivity index (χ2n) is 6.67. The average molecular weight is 374 g/mol. The van der Waals surface area contributed by atoms with Crippen LogP contribution in [0.25, 0.3) is 22.3 Å². The molecule has 1 unspecified atom stereocenters. The molecule has 26 heavy (non-hydrogen) atoms. The molecule has 138 valence electrons. The highest BCUT2D eigenvalue weighted by molar-refractivity contribution is 6.34. The van der Waals surface area contributed by atoms with E-state index >= 15 is 0 Å². The van der Waals surface area contributed by atoms with E-state index < -0.39 is 0 Å². The third-order valence-corrected chi connectivity index (χ3v) is 5.06. The van der Waals surface area contributed by atoms with Crippen LogP contribution in [0, 0.1) is 0 Å². The fourth-order valence-electron chi connectivity index (χ4n) is 3.19. The van der Waals surface area contributed by atoms with Gasteiger partial charge in [-0.15, -0.1) is 0 Å². The molecular weight excluding hydrogens is 350 g/mol. The summed E-state index contributed by atoms with van der Waals surface area (Å²) in [6.45, 7) is 4.86. The fourth-order valence-corrected chi connectivity index (χ4v) is 3.44. The Bertz CT molecular complexity index is 944. The van der Waals surface area contributed by atoms with Gasteiger partial charge in [-0.05, 0) is 17.5 Å². The third kappa shape index (κ3) is 3.55. The first-order valence-corrected chi connectivity index (χ1v) is 9.42. The average Bonchev–Trinajstić information content (AvgIpc) is 2.97. The number of unbranched alkanes of at least 4 members (excludes halogenated alkanes) is 2. The number of H-pyrrole nitrogens is 1. The van der Waals surface area contributed by atoms with Crippen LogP contribution in [0.3, 0.4) is 0 Å². The Morgan fingerprint density at radius 3 is 2.65 bits per heavy atom. The number of pyridine rings is 1. The molecule has 0 saturated carbocycles. The number of rotatable bonds is 7. The van der Waals surface area contributed by atoms with Gasteiger partial charge in [-0.3, -0.25) is 9.55 Å². The largest absolute Gasteiger partial charge is 0.396 e. The van der Waals surface area contributed by atoms with Crippen molar-refractivity contribution in [3.8, 4) is 11.1 Å². The topological polar surface area (TPSA) is 70.9 Å². The Morgan fingerprint density at radius 2 is 2.00 bits per heavy atom. The zero-order valence-electron chi connectivity index (χ0n) is 15.1. The molecule has 2 aromatic heterocycles. The number of hydrogen-bond donors (Lipinski definition) is 2. The zero-order valence-corrected chi connectivity index (χ0v) is 15.9. The third-order valence-electron chi connectivity index (χ3n) is 4.77. The van der Waals surface area contributed by atoms with Crippen molar-refractivity contribution in [2.75, 3.05) is 6.61 Å². The molecule has 0 bridgehead atoms. The second-order valence-corrected chi connectivity index (χ2v) is 7.08. The summed E-state index contributed by atoms with van der Waals surface area (Å²) < 4.78 is 1.74. The van der Waals surface area contributed by atoms with Crippen molar-refractivity contribution < 1.29 is 5.11 Å². The van der Waals surface area contributed by atoms with E-state index in [1.54, 1.807) is 10.8 Å². The summed E-state index contributed by atoms with van der Waals surface area (Å²) in [5.41, 5.74) is 3.96. The van der Waals surface area contributed by atoms with Crippen LogP contribution in [0.2, 0.25) is 5.02 Å². The normalized spacial score (nSPS) is 12.6. The van der Waals surface area contributed by atoms with E-state index in [2.05, 4.69) is 16.9 Å². The quantitative estimate of drug-likeness (QED) is 0.605. The first kappa shape index (κ1) is 18.7. The van der Waals surface area contributed by atoms with Gasteiger partial charge in [-0.25, -0.2) is 9.78 Å². The maximum atomic E-state index is 12.4. The molecule has 0 spiro atoms. The molecule has 3 aromatic rings. The van der Waals surface area contributed by atoms with Gasteiger partial charge in [-0.1, -0.05) is 62.6 Å². The standard InChI is InChI=1S/C20H24ClN3O2/c1-3-4-5-10-24-18-17(16(21)11-22-19(18)23-20(24)26)15-8-6-14(7-9-15)13(2)12-25/h6-9,11,13,25H,3-5,10,12H2,1-2H3,(H,22,23,26). The van der Waals surface area contributed by atoms with E-state index in [0.717, 1.165) is 41.5 Å². The number of halogens is 1. The lowest BCUT2D eigenvalue weighted by molar-refractivity contribution is 0.273. The lowest BCUT2D eigenvalue weighted by Crippen LogP contribution is -2.17. The van der Waals surface area contributed by atoms with Crippen molar-refractivity contribution in [3.05, 3.63) is 51.5 Å². The van der Waals surface area contributed by atoms with Gasteiger partial charge in [0.25, 0.3) is 0 Å². The molecule has 2 N–H and O–H groups in total. The summed E-state index contributed by atoms with van der Waals surface area (Å²) in [6, 6.07) is 7.95. The van der Waals surface area contributed by atoms with Gasteiger partial charge in [0.2, 0.25) is 0 Å². The molecule has 0 saturated heterocycles. The number of fused-ring (bicyclic) bond motifs is 1. The first-order valence-electron chi connectivity index (χ1n) is 9.05. The van der Waals surface area contributed by atoms with Crippen molar-refractivity contribution in [2.45, 2.75) is 45.6 Å². The van der Waals surface area contributed by atoms with Crippen molar-refractivity contribution in [3.63, 3.8) is 0 Å². The van der Waals surface area contributed by atoms with Crippen LogP contribution in [-0.4, -0.2) is 26.2 Å². The molecule has 0 amide bonds. The Labute approximate surface area is 157 Å². The van der Waals surface area contributed by atoms with Crippen LogP contribution in [0.1, 0.15) is 44.6 Å². The van der Waals surface area contributed by atoms with E-state index in [9.17, 15) is 9.90 Å². The number of aromatic amines is 1. The fraction of sp³-hybridized carbons (Fsp3) is 0.400. The number of aryl methyl sites for hydroxylation is 1. The van der Waals surface area contributed by atoms with E-state index in [-0.39, 0.29) is 18.2 Å². The molecule has 0 radical (unpaired) electrons. The lowest BCUT2D eigenvalue weighted by Gasteiger charge is -2.12. The van der Waals surface area contributed by atoms with Gasteiger partial charge in [0.05, 0.1) is 10.5 Å². The van der Waals surface area contributed by atoms with Crippen LogP contribution in [-0.2, 0) is 6.54 Å².